The van der Waals surface area contributed by atoms with Crippen LogP contribution in [0.1, 0.15) is 13.3 Å². The van der Waals surface area contributed by atoms with Gasteiger partial charge < -0.3 is 13.3 Å². The predicted molar refractivity (Wildman–Crippen MR) is 71.8 cm³/mol. The van der Waals surface area contributed by atoms with E-state index >= 15 is 0 Å². The van der Waals surface area contributed by atoms with Crippen LogP contribution in [0, 0.1) is 0 Å². The van der Waals surface area contributed by atoms with Gasteiger partial charge in [-0.25, -0.2) is 0 Å². The molecule has 3 nitrogen and oxygen atoms in total. The molecule has 0 atom stereocenters. The Hall–Kier alpha value is 0.664. The summed E-state index contributed by atoms with van der Waals surface area (Å²) in [7, 11) is -0.0743. The first-order valence-electron chi connectivity index (χ1n) is 5.27. The molecule has 0 N–H and O–H groups in total. The van der Waals surface area contributed by atoms with Gasteiger partial charge in [0.25, 0.3) is 0 Å². The van der Waals surface area contributed by atoms with Crippen LogP contribution in [0.25, 0.3) is 0 Å². The Labute approximate surface area is 99.9 Å². The van der Waals surface area contributed by atoms with Crippen molar-refractivity contribution in [2.75, 3.05) is 20.2 Å². The van der Waals surface area contributed by atoms with Crippen molar-refractivity contribution < 1.29 is 13.3 Å². The minimum absolute atomic E-state index is 0.698. The smallest absolute Gasteiger partial charge is 0.377 e. The Morgan fingerprint density at radius 3 is 1.93 bits per heavy atom. The third-order valence-corrected chi connectivity index (χ3v) is 9.15. The van der Waals surface area contributed by atoms with Gasteiger partial charge in [-0.1, -0.05) is 33.0 Å². The third kappa shape index (κ3) is 6.75. The molecule has 0 radical (unpaired) electrons. The van der Waals surface area contributed by atoms with Crippen molar-refractivity contribution in [3.8, 4) is 0 Å². The molecule has 0 aliphatic rings. The van der Waals surface area contributed by atoms with Crippen LogP contribution in [0.2, 0.25) is 25.7 Å². The monoisotopic (exact) mass is 268 g/mol. The van der Waals surface area contributed by atoms with Crippen LogP contribution in [0.3, 0.4) is 0 Å². The fraction of sp³-hybridized carbons (Fsp3) is 1.00. The second kappa shape index (κ2) is 7.08. The minimum atomic E-state index is -2.34. The summed E-state index contributed by atoms with van der Waals surface area (Å²) in [6.07, 6.45) is 1.03. The van der Waals surface area contributed by atoms with Gasteiger partial charge in [0.1, 0.15) is 7.22 Å². The summed E-state index contributed by atoms with van der Waals surface area (Å²) < 4.78 is 16.7. The molecule has 0 aliphatic carbocycles. The SMILES string of the molecule is CCC[Si](OC)(OC)OCS[Si](C)(C)C. The van der Waals surface area contributed by atoms with Crippen LogP contribution in [0.5, 0.6) is 0 Å². The lowest BCUT2D eigenvalue weighted by atomic mass is 10.6. The Morgan fingerprint density at radius 2 is 1.60 bits per heavy atom. The summed E-state index contributed by atoms with van der Waals surface area (Å²) in [5.74, 6) is 0.698. The predicted octanol–water partition coefficient (Wildman–Crippen LogP) is 3.17. The Kier molecular flexibility index (Phi) is 7.39. The molecule has 0 saturated carbocycles. The van der Waals surface area contributed by atoms with Crippen molar-refractivity contribution in [2.24, 2.45) is 0 Å². The van der Waals surface area contributed by atoms with Crippen LogP contribution in [-0.4, -0.2) is 36.2 Å². The second-order valence-corrected chi connectivity index (χ2v) is 16.6. The van der Waals surface area contributed by atoms with E-state index < -0.39 is 16.0 Å². The molecule has 0 bridgehead atoms. The minimum Gasteiger partial charge on any atom is -0.377 e. The van der Waals surface area contributed by atoms with Gasteiger partial charge in [-0.2, -0.15) is 11.2 Å². The molecule has 0 fully saturated rings. The highest BCUT2D eigenvalue weighted by Crippen LogP contribution is 2.23. The van der Waals surface area contributed by atoms with E-state index in [-0.39, 0.29) is 0 Å². The maximum atomic E-state index is 5.84. The Bertz CT molecular complexity index is 169. The van der Waals surface area contributed by atoms with Gasteiger partial charge >= 0.3 is 8.80 Å². The summed E-state index contributed by atoms with van der Waals surface area (Å²) in [5.41, 5.74) is 0. The average Bonchev–Trinajstić information content (AvgIpc) is 2.14. The van der Waals surface area contributed by atoms with Crippen molar-refractivity contribution in [3.05, 3.63) is 0 Å². The standard InChI is InChI=1S/C9H24O3SSi2/c1-7-8-15(10-2,11-3)12-9-13-14(4,5)6/h7-9H2,1-6H3. The van der Waals surface area contributed by atoms with Crippen LogP contribution < -0.4 is 0 Å². The zero-order valence-electron chi connectivity index (χ0n) is 10.8. The molecule has 6 heteroatoms. The third-order valence-electron chi connectivity index (χ3n) is 1.95. The summed E-state index contributed by atoms with van der Waals surface area (Å²) in [6.45, 7) is 9.05. The largest absolute Gasteiger partial charge is 0.501 e. The lowest BCUT2D eigenvalue weighted by Gasteiger charge is -2.27. The fourth-order valence-corrected chi connectivity index (χ4v) is 5.55. The highest BCUT2D eigenvalue weighted by atomic mass is 32.4. The van der Waals surface area contributed by atoms with E-state index in [1.165, 1.54) is 0 Å². The van der Waals surface area contributed by atoms with E-state index in [4.69, 9.17) is 13.3 Å². The topological polar surface area (TPSA) is 27.7 Å². The zero-order valence-corrected chi connectivity index (χ0v) is 13.6. The molecular weight excluding hydrogens is 244 g/mol. The first-order valence-corrected chi connectivity index (χ1v) is 12.4. The lowest BCUT2D eigenvalue weighted by Crippen LogP contribution is -2.44. The van der Waals surface area contributed by atoms with Crippen LogP contribution in [-0.2, 0) is 13.3 Å². The van der Waals surface area contributed by atoms with Gasteiger partial charge in [0.05, 0.1) is 5.94 Å². The first-order chi connectivity index (χ1) is 6.89. The molecule has 0 aromatic heterocycles. The maximum Gasteiger partial charge on any atom is 0.501 e. The number of rotatable bonds is 8. The van der Waals surface area contributed by atoms with Gasteiger partial charge in [0.2, 0.25) is 0 Å². The average molecular weight is 269 g/mol. The molecule has 0 aromatic rings. The van der Waals surface area contributed by atoms with Crippen molar-refractivity contribution in [1.82, 2.24) is 0 Å². The van der Waals surface area contributed by atoms with Crippen molar-refractivity contribution in [1.29, 1.82) is 0 Å². The second-order valence-electron chi connectivity index (χ2n) is 4.36. The first kappa shape index (κ1) is 15.7. The van der Waals surface area contributed by atoms with Crippen molar-refractivity contribution in [2.45, 2.75) is 39.0 Å². The van der Waals surface area contributed by atoms with Crippen LogP contribution in [0.15, 0.2) is 0 Å². The van der Waals surface area contributed by atoms with Gasteiger partial charge in [-0.15, -0.1) is 0 Å². The van der Waals surface area contributed by atoms with E-state index in [0.717, 1.165) is 12.5 Å². The highest BCUT2D eigenvalue weighted by molar-refractivity contribution is 8.28. The van der Waals surface area contributed by atoms with Crippen LogP contribution >= 0.6 is 11.2 Å². The molecule has 0 rings (SSSR count). The van der Waals surface area contributed by atoms with Crippen molar-refractivity contribution in [3.63, 3.8) is 0 Å². The van der Waals surface area contributed by atoms with E-state index in [9.17, 15) is 0 Å². The van der Waals surface area contributed by atoms with Gasteiger partial charge in [0.15, 0.2) is 0 Å². The normalized spacial score (nSPS) is 13.2. The highest BCUT2D eigenvalue weighted by Gasteiger charge is 2.38. The molecule has 0 unspecified atom stereocenters. The fourth-order valence-electron chi connectivity index (χ4n) is 1.08. The molecule has 0 saturated heterocycles. The summed E-state index contributed by atoms with van der Waals surface area (Å²) in [4.78, 5) is 0. The zero-order chi connectivity index (χ0) is 11.9. The van der Waals surface area contributed by atoms with Gasteiger partial charge in [-0.3, -0.25) is 0 Å². The lowest BCUT2D eigenvalue weighted by molar-refractivity contribution is 0.118. The van der Waals surface area contributed by atoms with Crippen LogP contribution in [0.4, 0.5) is 0 Å². The molecule has 0 aromatic carbocycles. The summed E-state index contributed by atoms with van der Waals surface area (Å²) in [5, 5.41) is 0. The number of hydrogen-bond donors (Lipinski definition) is 0. The van der Waals surface area contributed by atoms with E-state index in [2.05, 4.69) is 26.6 Å². The van der Waals surface area contributed by atoms with Crippen molar-refractivity contribution >= 4 is 27.2 Å². The maximum absolute atomic E-state index is 5.84. The Balaban J connectivity index is 4.06. The molecular formula is C9H24O3SSi2. The van der Waals surface area contributed by atoms with E-state index in [1.54, 1.807) is 14.2 Å². The molecule has 0 spiro atoms. The Morgan fingerprint density at radius 1 is 1.07 bits per heavy atom. The molecule has 92 valence electrons. The summed E-state index contributed by atoms with van der Waals surface area (Å²) >= 11 is 1.91. The van der Waals surface area contributed by atoms with Gasteiger partial charge in [0, 0.05) is 20.3 Å². The molecule has 0 heterocycles. The van der Waals surface area contributed by atoms with E-state index in [0.29, 0.717) is 5.94 Å². The molecule has 0 aliphatic heterocycles. The van der Waals surface area contributed by atoms with Gasteiger partial charge in [-0.05, 0) is 0 Å². The van der Waals surface area contributed by atoms with E-state index in [1.807, 2.05) is 11.2 Å². The molecule has 0 amide bonds. The summed E-state index contributed by atoms with van der Waals surface area (Å²) in [6, 6.07) is 0.895. The number of hydrogen-bond acceptors (Lipinski definition) is 4. The quantitative estimate of drug-likeness (QED) is 0.499. The molecule has 15 heavy (non-hydrogen) atoms.